The van der Waals surface area contributed by atoms with Crippen molar-refractivity contribution < 1.29 is 29.2 Å². The summed E-state index contributed by atoms with van der Waals surface area (Å²) in [5.41, 5.74) is 2.26. The molecule has 0 saturated carbocycles. The smallest absolute Gasteiger partial charge is 0.251 e. The molecule has 1 aliphatic heterocycles. The summed E-state index contributed by atoms with van der Waals surface area (Å²) in [4.78, 5) is 30.2. The summed E-state index contributed by atoms with van der Waals surface area (Å²) >= 11 is 0. The Kier molecular flexibility index (Phi) is 7.05. The average molecular weight is 522 g/mol. The van der Waals surface area contributed by atoms with Gasteiger partial charge in [-0.2, -0.15) is 0 Å². The van der Waals surface area contributed by atoms with Crippen LogP contribution in [-0.4, -0.2) is 80.2 Å². The lowest BCUT2D eigenvalue weighted by atomic mass is 10.1. The fourth-order valence-electron chi connectivity index (χ4n) is 4.22. The monoisotopic (exact) mass is 521 g/mol. The summed E-state index contributed by atoms with van der Waals surface area (Å²) < 4.78 is 17.8. The molecule has 1 aromatic carbocycles. The Labute approximate surface area is 217 Å². The number of fused-ring (bicyclic) bond motifs is 1. The molecular weight excluding hydrogens is 494 g/mol. The van der Waals surface area contributed by atoms with Gasteiger partial charge in [0, 0.05) is 25.4 Å². The molecule has 1 saturated heterocycles. The van der Waals surface area contributed by atoms with E-state index in [0.717, 1.165) is 11.3 Å². The zero-order valence-electron chi connectivity index (χ0n) is 20.9. The second kappa shape index (κ2) is 10.6. The molecule has 1 aliphatic rings. The minimum Gasteiger partial charge on any atom is -0.497 e. The Morgan fingerprint density at radius 3 is 2.68 bits per heavy atom. The molecule has 1 amide bonds. The Hall–Kier alpha value is -4.33. The molecule has 13 nitrogen and oxygen atoms in total. The van der Waals surface area contributed by atoms with Crippen molar-refractivity contribution in [3.63, 3.8) is 0 Å². The minimum atomic E-state index is -1.44. The van der Waals surface area contributed by atoms with Gasteiger partial charge in [-0.15, -0.1) is 0 Å². The van der Waals surface area contributed by atoms with Crippen LogP contribution in [-0.2, 0) is 16.1 Å². The van der Waals surface area contributed by atoms with Crippen molar-refractivity contribution in [1.82, 2.24) is 29.8 Å². The Balaban J connectivity index is 1.57. The number of methoxy groups -OCH3 is 2. The van der Waals surface area contributed by atoms with Gasteiger partial charge in [-0.25, -0.2) is 15.0 Å². The minimum absolute atomic E-state index is 0.315. The molecule has 1 fully saturated rings. The predicted molar refractivity (Wildman–Crippen MR) is 135 cm³/mol. The zero-order valence-corrected chi connectivity index (χ0v) is 20.9. The normalized spacial score (nSPS) is 20.9. The number of rotatable bonds is 8. The molecule has 4 N–H and O–H groups in total. The van der Waals surface area contributed by atoms with Crippen molar-refractivity contribution >= 4 is 22.9 Å². The summed E-state index contributed by atoms with van der Waals surface area (Å²) in [6.45, 7) is 0.409. The highest BCUT2D eigenvalue weighted by molar-refractivity contribution is 5.85. The lowest BCUT2D eigenvalue weighted by molar-refractivity contribution is -0.137. The van der Waals surface area contributed by atoms with Crippen molar-refractivity contribution in [3.8, 4) is 22.9 Å². The lowest BCUT2D eigenvalue weighted by Gasteiger charge is -2.17. The van der Waals surface area contributed by atoms with Gasteiger partial charge in [0.1, 0.15) is 23.7 Å². The highest BCUT2D eigenvalue weighted by Crippen LogP contribution is 2.34. The van der Waals surface area contributed by atoms with Crippen molar-refractivity contribution in [1.29, 1.82) is 0 Å². The van der Waals surface area contributed by atoms with E-state index in [2.05, 4.69) is 25.6 Å². The number of carbonyl (C=O) groups is 1. The molecule has 4 atom stereocenters. The molecule has 0 radical (unpaired) electrons. The van der Waals surface area contributed by atoms with E-state index in [4.69, 9.17) is 19.2 Å². The van der Waals surface area contributed by atoms with Gasteiger partial charge in [-0.1, -0.05) is 12.1 Å². The number of carbonyl (C=O) groups excluding carboxylic acids is 1. The summed E-state index contributed by atoms with van der Waals surface area (Å²) in [7, 11) is 4.56. The lowest BCUT2D eigenvalue weighted by Crippen LogP contribution is -2.41. The number of likely N-dealkylation sites (N-methyl/N-ethyl adjacent to an activating group) is 1. The largest absolute Gasteiger partial charge is 0.497 e. The maximum Gasteiger partial charge on any atom is 0.251 e. The molecule has 38 heavy (non-hydrogen) atoms. The van der Waals surface area contributed by atoms with Gasteiger partial charge in [0.25, 0.3) is 5.91 Å². The summed E-state index contributed by atoms with van der Waals surface area (Å²) in [5, 5.41) is 26.9. The van der Waals surface area contributed by atoms with Crippen LogP contribution in [0, 0.1) is 0 Å². The first-order chi connectivity index (χ1) is 18.4. The van der Waals surface area contributed by atoms with Gasteiger partial charge >= 0.3 is 0 Å². The van der Waals surface area contributed by atoms with Gasteiger partial charge in [0.15, 0.2) is 35.1 Å². The molecular formula is C25H27N7O6. The van der Waals surface area contributed by atoms with Crippen LogP contribution in [0.25, 0.3) is 22.6 Å². The van der Waals surface area contributed by atoms with Gasteiger partial charge < -0.3 is 35.1 Å². The number of benzene rings is 1. The van der Waals surface area contributed by atoms with E-state index in [1.807, 2.05) is 24.3 Å². The molecule has 5 rings (SSSR count). The maximum atomic E-state index is 12.2. The number of amides is 1. The molecule has 0 aliphatic carbocycles. The second-order valence-corrected chi connectivity index (χ2v) is 8.58. The Morgan fingerprint density at radius 1 is 1.11 bits per heavy atom. The fourth-order valence-corrected chi connectivity index (χ4v) is 4.22. The van der Waals surface area contributed by atoms with Crippen LogP contribution < -0.4 is 20.1 Å². The van der Waals surface area contributed by atoms with E-state index in [9.17, 15) is 15.0 Å². The Bertz CT molecular complexity index is 1460. The molecule has 4 aromatic rings. The third-order valence-corrected chi connectivity index (χ3v) is 6.24. The van der Waals surface area contributed by atoms with Crippen molar-refractivity contribution in [2.24, 2.45) is 0 Å². The number of pyridine rings is 1. The third-order valence-electron chi connectivity index (χ3n) is 6.24. The van der Waals surface area contributed by atoms with E-state index in [-0.39, 0.29) is 0 Å². The number of nitrogens with one attached hydrogen (secondary N) is 2. The van der Waals surface area contributed by atoms with Crippen molar-refractivity contribution in [2.45, 2.75) is 31.1 Å². The molecule has 4 heterocycles. The van der Waals surface area contributed by atoms with Crippen LogP contribution in [0.5, 0.6) is 11.5 Å². The number of hydrogen-bond donors (Lipinski definition) is 4. The first-order valence-corrected chi connectivity index (χ1v) is 11.8. The fraction of sp³-hybridized carbons (Fsp3) is 0.320. The van der Waals surface area contributed by atoms with Crippen LogP contribution in [0.15, 0.2) is 49.1 Å². The number of hydrogen-bond acceptors (Lipinski definition) is 11. The molecule has 0 bridgehead atoms. The number of ether oxygens (including phenoxy) is 3. The van der Waals surface area contributed by atoms with E-state index in [1.165, 1.54) is 25.1 Å². The number of aromatic nitrogens is 5. The summed E-state index contributed by atoms with van der Waals surface area (Å²) in [6.07, 6.45) is -0.621. The second-order valence-electron chi connectivity index (χ2n) is 8.58. The van der Waals surface area contributed by atoms with E-state index < -0.39 is 30.4 Å². The number of aliphatic hydroxyl groups is 2. The third kappa shape index (κ3) is 4.69. The van der Waals surface area contributed by atoms with E-state index >= 15 is 0 Å². The van der Waals surface area contributed by atoms with Gasteiger partial charge in [0.05, 0.1) is 26.7 Å². The quantitative estimate of drug-likeness (QED) is 0.260. The molecule has 13 heteroatoms. The van der Waals surface area contributed by atoms with Crippen LogP contribution in [0.4, 0.5) is 5.82 Å². The van der Waals surface area contributed by atoms with Gasteiger partial charge in [-0.3, -0.25) is 14.3 Å². The molecule has 0 spiro atoms. The van der Waals surface area contributed by atoms with E-state index in [0.29, 0.717) is 40.7 Å². The van der Waals surface area contributed by atoms with Gasteiger partial charge in [-0.05, 0) is 23.8 Å². The summed E-state index contributed by atoms with van der Waals surface area (Å²) in [6, 6.07) is 9.34. The molecule has 198 valence electrons. The molecule has 3 aromatic heterocycles. The van der Waals surface area contributed by atoms with Crippen molar-refractivity contribution in [3.05, 3.63) is 54.6 Å². The first-order valence-electron chi connectivity index (χ1n) is 11.8. The van der Waals surface area contributed by atoms with E-state index in [1.54, 1.807) is 25.6 Å². The van der Waals surface area contributed by atoms with Crippen LogP contribution in [0.1, 0.15) is 11.8 Å². The standard InChI is InChI=1S/C25H27N7O6/c1-26-24(35)20-18(33)19(34)25(38-20)32-12-29-17-22(28-9-13-5-4-6-15(7-13)36-2)30-21(31-23(17)32)14-8-16(37-3)11-27-10-14/h4-8,10-12,18-20,25,33-34H,9H2,1-3H3,(H,26,35)(H,28,30,31)/t18?,19?,20-,25?/m1/s1. The highest BCUT2D eigenvalue weighted by Gasteiger charge is 2.47. The maximum absolute atomic E-state index is 12.2. The van der Waals surface area contributed by atoms with Gasteiger partial charge in [0.2, 0.25) is 0 Å². The van der Waals surface area contributed by atoms with Crippen LogP contribution >= 0.6 is 0 Å². The predicted octanol–water partition coefficient (Wildman–Crippen LogP) is 0.883. The number of imidazole rings is 1. The number of anilines is 1. The van der Waals surface area contributed by atoms with Crippen molar-refractivity contribution in [2.75, 3.05) is 26.6 Å². The topological polar surface area (TPSA) is 166 Å². The highest BCUT2D eigenvalue weighted by atomic mass is 16.6. The average Bonchev–Trinajstić information content (AvgIpc) is 3.51. The van der Waals surface area contributed by atoms with Crippen LogP contribution in [0.3, 0.4) is 0 Å². The first kappa shape index (κ1) is 25.3. The van der Waals surface area contributed by atoms with Crippen LogP contribution in [0.2, 0.25) is 0 Å². The Morgan fingerprint density at radius 2 is 1.92 bits per heavy atom. The number of aliphatic hydroxyl groups excluding tert-OH is 2. The zero-order chi connectivity index (χ0) is 26.8. The molecule has 3 unspecified atom stereocenters. The summed E-state index contributed by atoms with van der Waals surface area (Å²) in [5.74, 6) is 1.43. The SMILES string of the molecule is CNC(=O)[C@@H]1OC(n2cnc3c(NCc4cccc(OC)c4)nc(-c4cncc(OC)c4)nc32)C(O)C1O. The number of nitrogens with zero attached hydrogens (tertiary/aromatic N) is 5.